The number of thiol groups is 1. The molecule has 1 aromatic rings. The molecule has 8 nitrogen and oxygen atoms in total. The van der Waals surface area contributed by atoms with E-state index in [1.54, 1.807) is 0 Å². The van der Waals surface area contributed by atoms with Gasteiger partial charge in [0.15, 0.2) is 0 Å². The van der Waals surface area contributed by atoms with Crippen molar-refractivity contribution < 1.29 is 34.8 Å². The van der Waals surface area contributed by atoms with E-state index in [0.29, 0.717) is 0 Å². The summed E-state index contributed by atoms with van der Waals surface area (Å²) < 4.78 is 5.18. The van der Waals surface area contributed by atoms with Crippen LogP contribution in [-0.4, -0.2) is 73.9 Å². The third-order valence-corrected chi connectivity index (χ3v) is 8.24. The molecule has 7 atom stereocenters. The van der Waals surface area contributed by atoms with Gasteiger partial charge in [-0.3, -0.25) is 4.79 Å². The average Bonchev–Trinajstić information content (AvgIpc) is 2.99. The molecule has 3 rings (SSSR count). The van der Waals surface area contributed by atoms with Crippen molar-refractivity contribution in [2.45, 2.75) is 53.1 Å². The lowest BCUT2D eigenvalue weighted by Crippen LogP contribution is -2.58. The molecule has 5 N–H and O–H groups in total. The first kappa shape index (κ1) is 19.0. The molecule has 0 aromatic heterocycles. The number of aryl methyl sites for hydroxylation is 1. The predicted octanol–water partition coefficient (Wildman–Crippen LogP) is -0.228. The van der Waals surface area contributed by atoms with E-state index >= 15 is 0 Å². The molecule has 1 aromatic carbocycles. The Kier molecular flexibility index (Phi) is 5.42. The molecule has 0 aliphatic carbocycles. The minimum absolute atomic E-state index is 0.136. The molecule has 5 unspecified atom stereocenters. The Morgan fingerprint density at radius 1 is 1.35 bits per heavy atom. The number of ether oxygens (including phenoxy) is 1. The van der Waals surface area contributed by atoms with Gasteiger partial charge in [-0.25, -0.2) is 15.7 Å². The van der Waals surface area contributed by atoms with E-state index in [4.69, 9.17) is 4.74 Å². The molecule has 2 aliphatic heterocycles. The van der Waals surface area contributed by atoms with Crippen molar-refractivity contribution in [3.8, 4) is 0 Å². The number of alkyl carbamates (subject to hydrolysis) is 1. The summed E-state index contributed by atoms with van der Waals surface area (Å²) >= 11 is 0. The summed E-state index contributed by atoms with van der Waals surface area (Å²) in [5.41, 5.74) is 1.01. The highest BCUT2D eigenvalue weighted by Crippen LogP contribution is 2.54. The molecule has 2 heterocycles. The van der Waals surface area contributed by atoms with E-state index in [1.165, 1.54) is 0 Å². The number of hydrogen-bond donors (Lipinski definition) is 6. The van der Waals surface area contributed by atoms with Crippen LogP contribution in [0.25, 0.3) is 0 Å². The van der Waals surface area contributed by atoms with Gasteiger partial charge >= 0.3 is 12.1 Å². The molecule has 0 radical (unpaired) electrons. The summed E-state index contributed by atoms with van der Waals surface area (Å²) in [6.45, 7) is 1.24. The monoisotopic (exact) mass is 385 g/mol. The molecule has 144 valence electrons. The van der Waals surface area contributed by atoms with Gasteiger partial charge in [0.25, 0.3) is 0 Å². The van der Waals surface area contributed by atoms with E-state index in [9.17, 15) is 30.0 Å². The Hall–Kier alpha value is -1.81. The van der Waals surface area contributed by atoms with Gasteiger partial charge in [0.05, 0.1) is 24.0 Å². The smallest absolute Gasteiger partial charge is 0.407 e. The molecule has 2 fully saturated rings. The van der Waals surface area contributed by atoms with E-state index in [2.05, 4.69) is 5.32 Å². The maximum absolute atomic E-state index is 11.9. The van der Waals surface area contributed by atoms with Gasteiger partial charge in [-0.05, 0) is 11.8 Å². The van der Waals surface area contributed by atoms with Gasteiger partial charge in [-0.15, -0.1) is 0 Å². The average molecular weight is 385 g/mol. The molecule has 26 heavy (non-hydrogen) atoms. The molecule has 1 amide bonds. The molecular weight excluding hydrogens is 362 g/mol. The highest BCUT2D eigenvalue weighted by Gasteiger charge is 2.54. The van der Waals surface area contributed by atoms with Crippen molar-refractivity contribution in [1.29, 1.82) is 0 Å². The molecule has 0 spiro atoms. The lowest BCUT2D eigenvalue weighted by Gasteiger charge is -2.47. The number of nitrogens with one attached hydrogen (secondary N) is 1. The Morgan fingerprint density at radius 3 is 2.58 bits per heavy atom. The number of carbonyl (C=O) groups excluding carboxylic acids is 1. The normalized spacial score (nSPS) is 34.3. The Labute approximate surface area is 153 Å². The number of aliphatic carboxylic acids is 1. The van der Waals surface area contributed by atoms with Crippen LogP contribution in [0.4, 0.5) is 4.79 Å². The van der Waals surface area contributed by atoms with Crippen LogP contribution in [0.5, 0.6) is 0 Å². The van der Waals surface area contributed by atoms with Crippen LogP contribution in [0.1, 0.15) is 12.0 Å². The van der Waals surface area contributed by atoms with Crippen LogP contribution in [0.15, 0.2) is 29.2 Å². The van der Waals surface area contributed by atoms with Crippen LogP contribution in [0, 0.1) is 6.92 Å². The summed E-state index contributed by atoms with van der Waals surface area (Å²) in [6, 6.07) is 6.73. The summed E-state index contributed by atoms with van der Waals surface area (Å²) in [4.78, 5) is 24.4. The van der Waals surface area contributed by atoms with Crippen LogP contribution >= 0.6 is 10.9 Å². The third-order valence-electron chi connectivity index (χ3n) is 4.97. The number of carbonyl (C=O) groups is 2. The molecule has 0 saturated carbocycles. The fourth-order valence-electron chi connectivity index (χ4n) is 3.69. The number of fused-ring (bicyclic) bond motifs is 1. The summed E-state index contributed by atoms with van der Waals surface area (Å²) in [5, 5.41) is 40.7. The first-order valence-electron chi connectivity index (χ1n) is 8.35. The number of carboxylic acid groups (broad SMARTS) is 1. The number of amides is 1. The van der Waals surface area contributed by atoms with Gasteiger partial charge < -0.3 is 30.5 Å². The van der Waals surface area contributed by atoms with Crippen molar-refractivity contribution >= 4 is 23.0 Å². The molecule has 2 aliphatic rings. The Morgan fingerprint density at radius 2 is 2.00 bits per heavy atom. The van der Waals surface area contributed by atoms with Gasteiger partial charge in [-0.1, -0.05) is 29.8 Å². The van der Waals surface area contributed by atoms with Gasteiger partial charge in [-0.2, -0.15) is 0 Å². The second kappa shape index (κ2) is 7.43. The molecule has 0 bridgehead atoms. The van der Waals surface area contributed by atoms with Crippen LogP contribution in [-0.2, 0) is 9.53 Å². The quantitative estimate of drug-likeness (QED) is 0.385. The van der Waals surface area contributed by atoms with Gasteiger partial charge in [0, 0.05) is 11.7 Å². The number of aliphatic hydroxyl groups excluding tert-OH is 3. The van der Waals surface area contributed by atoms with E-state index in [0.717, 1.165) is 10.5 Å². The fourth-order valence-corrected chi connectivity index (χ4v) is 7.12. The Balaban J connectivity index is 2.07. The zero-order chi connectivity index (χ0) is 19.0. The zero-order valence-electron chi connectivity index (χ0n) is 14.1. The van der Waals surface area contributed by atoms with Crippen molar-refractivity contribution in [2.75, 3.05) is 6.61 Å². The number of hydrogen-bond acceptors (Lipinski definition) is 6. The van der Waals surface area contributed by atoms with Crippen molar-refractivity contribution in [1.82, 2.24) is 5.32 Å². The van der Waals surface area contributed by atoms with Crippen molar-refractivity contribution in [3.05, 3.63) is 29.8 Å². The topological polar surface area (TPSA) is 136 Å². The molecule has 9 heteroatoms. The number of aliphatic hydroxyl groups is 3. The lowest BCUT2D eigenvalue weighted by atomic mass is 9.96. The maximum Gasteiger partial charge on any atom is 0.407 e. The zero-order valence-corrected chi connectivity index (χ0v) is 15.0. The third kappa shape index (κ3) is 3.39. The van der Waals surface area contributed by atoms with Gasteiger partial charge in [0.2, 0.25) is 0 Å². The minimum Gasteiger partial charge on any atom is -0.480 e. The van der Waals surface area contributed by atoms with Crippen LogP contribution in [0.3, 0.4) is 0 Å². The fraction of sp³-hybridized carbons (Fsp3) is 0.529. The van der Waals surface area contributed by atoms with Crippen molar-refractivity contribution in [3.63, 3.8) is 0 Å². The van der Waals surface area contributed by atoms with Crippen molar-refractivity contribution in [2.24, 2.45) is 0 Å². The predicted molar refractivity (Wildman–Crippen MR) is 94.6 cm³/mol. The first-order chi connectivity index (χ1) is 12.3. The number of rotatable bonds is 5. The summed E-state index contributed by atoms with van der Waals surface area (Å²) in [7, 11) is -1.49. The largest absolute Gasteiger partial charge is 0.480 e. The molecular formula is C17H23NO7S. The molecule has 2 saturated heterocycles. The second-order valence-electron chi connectivity index (χ2n) is 6.68. The van der Waals surface area contributed by atoms with Gasteiger partial charge in [0.1, 0.15) is 12.2 Å². The number of carboxylic acids is 1. The van der Waals surface area contributed by atoms with Crippen LogP contribution in [0.2, 0.25) is 0 Å². The standard InChI is InChI=1S/C17H23NO7S/c1-8-2-4-9(5-3-8)26-12(16(22)23)6-11-13(18-17(24)25-11)15(26)14(21)10(20)7-19/h2-5,10-15,19-21,26H,6-7H2,1H3,(H,18,24)(H,22,23)/t10-,11?,12?,13?,14-,15?/m1/s1. The van der Waals surface area contributed by atoms with E-state index < -0.39 is 64.4 Å². The summed E-state index contributed by atoms with van der Waals surface area (Å²) in [6.07, 6.45) is -4.07. The SMILES string of the molecule is Cc1ccc([SH]2C(C(=O)O)CC3OC(=O)NC3C2[C@H](O)[C@H](O)CO)cc1. The highest BCUT2D eigenvalue weighted by molar-refractivity contribution is 8.18. The minimum atomic E-state index is -1.49. The first-order valence-corrected chi connectivity index (χ1v) is 9.83. The second-order valence-corrected chi connectivity index (χ2v) is 9.23. The summed E-state index contributed by atoms with van der Waals surface area (Å²) in [5.74, 6) is -1.03. The van der Waals surface area contributed by atoms with Crippen LogP contribution < -0.4 is 5.32 Å². The lowest BCUT2D eigenvalue weighted by molar-refractivity contribution is -0.137. The van der Waals surface area contributed by atoms with E-state index in [1.807, 2.05) is 31.2 Å². The maximum atomic E-state index is 11.9. The number of benzene rings is 1. The highest BCUT2D eigenvalue weighted by atomic mass is 32.2. The van der Waals surface area contributed by atoms with E-state index in [-0.39, 0.29) is 6.42 Å². The Bertz CT molecular complexity index is 682.